The lowest BCUT2D eigenvalue weighted by Crippen LogP contribution is -2.54. The second-order valence-corrected chi connectivity index (χ2v) is 6.70. The van der Waals surface area contributed by atoms with Crippen LogP contribution in [0.1, 0.15) is 11.1 Å². The Morgan fingerprint density at radius 3 is 2.63 bits per heavy atom. The van der Waals surface area contributed by atoms with Gasteiger partial charge in [0.15, 0.2) is 0 Å². The van der Waals surface area contributed by atoms with E-state index in [1.54, 1.807) is 37.3 Å². The first kappa shape index (κ1) is 21.0. The molecule has 2 aromatic carbocycles. The number of anilines is 1. The molecule has 152 valence electrons. The van der Waals surface area contributed by atoms with Gasteiger partial charge in [-0.2, -0.15) is 0 Å². The number of rotatable bonds is 5. The summed E-state index contributed by atoms with van der Waals surface area (Å²) >= 11 is 6.13. The van der Waals surface area contributed by atoms with Gasteiger partial charge in [0, 0.05) is 16.7 Å². The molecule has 0 atom stereocenters. The van der Waals surface area contributed by atoms with Gasteiger partial charge in [0.2, 0.25) is 0 Å². The Balaban J connectivity index is 2.04. The van der Waals surface area contributed by atoms with Crippen molar-refractivity contribution in [3.63, 3.8) is 0 Å². The van der Waals surface area contributed by atoms with Crippen molar-refractivity contribution in [2.75, 3.05) is 18.6 Å². The number of benzene rings is 2. The Bertz CT molecular complexity index is 1120. The van der Waals surface area contributed by atoms with Gasteiger partial charge < -0.3 is 9.47 Å². The molecular formula is C22H17ClN2O5. The molecule has 1 saturated heterocycles. The highest BCUT2D eigenvalue weighted by molar-refractivity contribution is 6.39. The summed E-state index contributed by atoms with van der Waals surface area (Å²) < 4.78 is 10.7. The topological polar surface area (TPSA) is 84.9 Å². The molecule has 0 aromatic heterocycles. The lowest BCUT2D eigenvalue weighted by Gasteiger charge is -2.26. The molecule has 0 saturated carbocycles. The number of barbiturate groups is 1. The van der Waals surface area contributed by atoms with Crippen molar-refractivity contribution < 1.29 is 23.9 Å². The average molecular weight is 425 g/mol. The first-order valence-electron chi connectivity index (χ1n) is 8.77. The van der Waals surface area contributed by atoms with Gasteiger partial charge in [-0.3, -0.25) is 14.9 Å². The SMILES string of the molecule is C#CCOc1cc(OC)ccc1/C=C1\C(=O)NC(=O)N(c2ccc(C)c(Cl)c2)C1=O. The third kappa shape index (κ3) is 4.14. The molecule has 1 heterocycles. The molecule has 0 bridgehead atoms. The summed E-state index contributed by atoms with van der Waals surface area (Å²) in [4.78, 5) is 38.6. The van der Waals surface area contributed by atoms with E-state index < -0.39 is 17.8 Å². The number of nitrogens with one attached hydrogen (secondary N) is 1. The molecule has 8 heteroatoms. The Morgan fingerprint density at radius 1 is 1.20 bits per heavy atom. The minimum absolute atomic E-state index is 0.0179. The number of carbonyl (C=O) groups is 3. The second kappa shape index (κ2) is 8.72. The van der Waals surface area contributed by atoms with Gasteiger partial charge in [-0.25, -0.2) is 9.69 Å². The van der Waals surface area contributed by atoms with Crippen LogP contribution in [0.25, 0.3) is 6.08 Å². The van der Waals surface area contributed by atoms with E-state index in [-0.39, 0.29) is 17.9 Å². The van der Waals surface area contributed by atoms with Crippen LogP contribution in [0.15, 0.2) is 42.0 Å². The van der Waals surface area contributed by atoms with Crippen molar-refractivity contribution in [1.29, 1.82) is 0 Å². The second-order valence-electron chi connectivity index (χ2n) is 6.29. The molecule has 0 radical (unpaired) electrons. The minimum Gasteiger partial charge on any atom is -0.497 e. The van der Waals surface area contributed by atoms with E-state index in [0.29, 0.717) is 22.1 Å². The number of amides is 4. The maximum Gasteiger partial charge on any atom is 0.335 e. The quantitative estimate of drug-likeness (QED) is 0.452. The lowest BCUT2D eigenvalue weighted by atomic mass is 10.1. The van der Waals surface area contributed by atoms with Crippen molar-refractivity contribution >= 4 is 41.2 Å². The summed E-state index contributed by atoms with van der Waals surface area (Å²) in [5.41, 5.74) is 1.19. The van der Waals surface area contributed by atoms with Crippen molar-refractivity contribution in [2.24, 2.45) is 0 Å². The third-order valence-electron chi connectivity index (χ3n) is 4.35. The molecule has 4 amide bonds. The molecule has 7 nitrogen and oxygen atoms in total. The maximum atomic E-state index is 13.0. The fourth-order valence-corrected chi connectivity index (χ4v) is 2.95. The van der Waals surface area contributed by atoms with E-state index in [4.69, 9.17) is 27.5 Å². The van der Waals surface area contributed by atoms with E-state index in [1.807, 2.05) is 0 Å². The molecule has 1 fully saturated rings. The number of hydrogen-bond acceptors (Lipinski definition) is 5. The highest BCUT2D eigenvalue weighted by Gasteiger charge is 2.37. The van der Waals surface area contributed by atoms with E-state index in [0.717, 1.165) is 10.5 Å². The number of ether oxygens (including phenoxy) is 2. The highest BCUT2D eigenvalue weighted by Crippen LogP contribution is 2.30. The number of nitrogens with zero attached hydrogens (tertiary/aromatic N) is 1. The van der Waals surface area contributed by atoms with Crippen LogP contribution in [0.2, 0.25) is 5.02 Å². The Labute approximate surface area is 178 Å². The normalized spacial score (nSPS) is 15.1. The number of carbonyl (C=O) groups excluding carboxylic acids is 3. The smallest absolute Gasteiger partial charge is 0.335 e. The standard InChI is InChI=1S/C22H17ClN2O5/c1-4-9-30-19-12-16(29-3)8-6-14(19)10-17-20(26)24-22(28)25(21(17)27)15-7-5-13(2)18(23)11-15/h1,5-8,10-12H,9H2,2-3H3,(H,24,26,28)/b17-10+. The number of imide groups is 2. The lowest BCUT2D eigenvalue weighted by molar-refractivity contribution is -0.122. The number of methoxy groups -OCH3 is 1. The highest BCUT2D eigenvalue weighted by atomic mass is 35.5. The van der Waals surface area contributed by atoms with Crippen molar-refractivity contribution in [1.82, 2.24) is 5.32 Å². The van der Waals surface area contributed by atoms with Crippen molar-refractivity contribution in [3.8, 4) is 23.8 Å². The van der Waals surface area contributed by atoms with E-state index in [2.05, 4.69) is 11.2 Å². The summed E-state index contributed by atoms with van der Waals surface area (Å²) in [7, 11) is 1.49. The summed E-state index contributed by atoms with van der Waals surface area (Å²) in [6.07, 6.45) is 6.58. The Hall–Kier alpha value is -3.76. The molecule has 2 aromatic rings. The third-order valence-corrected chi connectivity index (χ3v) is 4.75. The molecule has 1 aliphatic rings. The summed E-state index contributed by atoms with van der Waals surface area (Å²) in [6, 6.07) is 8.70. The summed E-state index contributed by atoms with van der Waals surface area (Å²) in [5.74, 6) is 1.57. The van der Waals surface area contributed by atoms with E-state index >= 15 is 0 Å². The largest absolute Gasteiger partial charge is 0.497 e. The number of aryl methyl sites for hydroxylation is 1. The molecule has 0 aliphatic carbocycles. The first-order valence-corrected chi connectivity index (χ1v) is 9.15. The minimum atomic E-state index is -0.861. The number of urea groups is 1. The number of hydrogen-bond donors (Lipinski definition) is 1. The number of halogens is 1. The van der Waals surface area contributed by atoms with Gasteiger partial charge in [0.05, 0.1) is 12.8 Å². The van der Waals surface area contributed by atoms with E-state index in [9.17, 15) is 14.4 Å². The first-order chi connectivity index (χ1) is 14.3. The zero-order valence-electron chi connectivity index (χ0n) is 16.2. The Kier molecular flexibility index (Phi) is 6.09. The van der Waals surface area contributed by atoms with Crippen LogP contribution in [-0.4, -0.2) is 31.6 Å². The molecule has 30 heavy (non-hydrogen) atoms. The zero-order chi connectivity index (χ0) is 21.8. The predicted molar refractivity (Wildman–Crippen MR) is 113 cm³/mol. The predicted octanol–water partition coefficient (Wildman–Crippen LogP) is 3.34. The van der Waals surface area contributed by atoms with Crippen molar-refractivity contribution in [2.45, 2.75) is 6.92 Å². The van der Waals surface area contributed by atoms with Gasteiger partial charge in [-0.15, -0.1) is 6.42 Å². The van der Waals surface area contributed by atoms with Gasteiger partial charge >= 0.3 is 6.03 Å². The van der Waals surface area contributed by atoms with Crippen LogP contribution in [0.3, 0.4) is 0 Å². The zero-order valence-corrected chi connectivity index (χ0v) is 16.9. The maximum absolute atomic E-state index is 13.0. The van der Waals surface area contributed by atoms with Crippen LogP contribution in [0.4, 0.5) is 10.5 Å². The fourth-order valence-electron chi connectivity index (χ4n) is 2.77. The average Bonchev–Trinajstić information content (AvgIpc) is 2.72. The molecular weight excluding hydrogens is 408 g/mol. The van der Waals surface area contributed by atoms with Crippen LogP contribution < -0.4 is 19.7 Å². The number of terminal acetylenes is 1. The molecule has 0 unspecified atom stereocenters. The van der Waals surface area contributed by atoms with Crippen LogP contribution in [-0.2, 0) is 9.59 Å². The van der Waals surface area contributed by atoms with Crippen LogP contribution >= 0.6 is 11.6 Å². The van der Waals surface area contributed by atoms with E-state index in [1.165, 1.54) is 19.3 Å². The van der Waals surface area contributed by atoms with Crippen molar-refractivity contribution in [3.05, 3.63) is 58.1 Å². The van der Waals surface area contributed by atoms with Gasteiger partial charge in [-0.05, 0) is 42.8 Å². The van der Waals surface area contributed by atoms with Gasteiger partial charge in [0.25, 0.3) is 11.8 Å². The molecule has 0 spiro atoms. The summed E-state index contributed by atoms with van der Waals surface area (Å²) in [6.45, 7) is 1.77. The Morgan fingerprint density at radius 2 is 1.97 bits per heavy atom. The van der Waals surface area contributed by atoms with Crippen LogP contribution in [0.5, 0.6) is 11.5 Å². The monoisotopic (exact) mass is 424 g/mol. The molecule has 3 rings (SSSR count). The molecule has 1 aliphatic heterocycles. The van der Waals surface area contributed by atoms with Gasteiger partial charge in [-0.1, -0.05) is 23.6 Å². The summed E-state index contributed by atoms with van der Waals surface area (Å²) in [5, 5.41) is 2.55. The van der Waals surface area contributed by atoms with Crippen LogP contribution in [0, 0.1) is 19.3 Å². The van der Waals surface area contributed by atoms with Gasteiger partial charge in [0.1, 0.15) is 23.7 Å². The molecule has 1 N–H and O–H groups in total. The fraction of sp³-hybridized carbons (Fsp3) is 0.136.